The van der Waals surface area contributed by atoms with Crippen molar-refractivity contribution in [3.63, 3.8) is 0 Å². The molecule has 0 saturated heterocycles. The van der Waals surface area contributed by atoms with Gasteiger partial charge in [-0.3, -0.25) is 0 Å². The lowest BCUT2D eigenvalue weighted by atomic mass is 10.1. The molecular weight excluding hydrogens is 230 g/mol. The largest absolute Gasteiger partial charge is 0.465 e. The first kappa shape index (κ1) is 13.8. The normalized spacial score (nSPS) is 11.4. The van der Waals surface area contributed by atoms with E-state index in [1.54, 1.807) is 18.2 Å². The lowest BCUT2D eigenvalue weighted by Crippen LogP contribution is -2.13. The van der Waals surface area contributed by atoms with Gasteiger partial charge >= 0.3 is 5.97 Å². The maximum Gasteiger partial charge on any atom is 0.337 e. The van der Waals surface area contributed by atoms with Crippen LogP contribution in [-0.4, -0.2) is 19.6 Å². The van der Waals surface area contributed by atoms with E-state index in [1.807, 2.05) is 6.92 Å². The average Bonchev–Trinajstić information content (AvgIpc) is 2.40. The number of methoxy groups -OCH3 is 1. The van der Waals surface area contributed by atoms with Gasteiger partial charge in [-0.05, 0) is 24.6 Å². The summed E-state index contributed by atoms with van der Waals surface area (Å²) < 4.78 is 4.64. The zero-order valence-corrected chi connectivity index (χ0v) is 10.6. The lowest BCUT2D eigenvalue weighted by molar-refractivity contribution is 0.0601. The van der Waals surface area contributed by atoms with Gasteiger partial charge < -0.3 is 15.8 Å². The minimum atomic E-state index is -0.412. The van der Waals surface area contributed by atoms with Crippen LogP contribution in [0.5, 0.6) is 0 Å². The van der Waals surface area contributed by atoms with Crippen molar-refractivity contribution in [2.45, 2.75) is 13.3 Å². The van der Waals surface area contributed by atoms with Crippen LogP contribution in [0.3, 0.4) is 0 Å². The SMILES string of the molecule is CCC(C#N)CNc1cc(C(=O)OC)ccc1N. The molecule has 1 aromatic carbocycles. The predicted octanol–water partition coefficient (Wildman–Crippen LogP) is 2.02. The Morgan fingerprint density at radius 1 is 1.61 bits per heavy atom. The van der Waals surface area contributed by atoms with Crippen molar-refractivity contribution in [3.05, 3.63) is 23.8 Å². The molecule has 0 amide bonds. The highest BCUT2D eigenvalue weighted by molar-refractivity contribution is 5.91. The molecule has 0 spiro atoms. The highest BCUT2D eigenvalue weighted by Crippen LogP contribution is 2.21. The molecule has 1 atom stereocenters. The summed E-state index contributed by atoms with van der Waals surface area (Å²) in [7, 11) is 1.33. The van der Waals surface area contributed by atoms with E-state index in [-0.39, 0.29) is 5.92 Å². The Bertz CT molecular complexity index is 466. The van der Waals surface area contributed by atoms with E-state index in [9.17, 15) is 4.79 Å². The van der Waals surface area contributed by atoms with Gasteiger partial charge in [0.1, 0.15) is 0 Å². The summed E-state index contributed by atoms with van der Waals surface area (Å²) in [5, 5.41) is 11.9. The molecule has 96 valence electrons. The summed E-state index contributed by atoms with van der Waals surface area (Å²) >= 11 is 0. The zero-order valence-electron chi connectivity index (χ0n) is 10.6. The van der Waals surface area contributed by atoms with Crippen LogP contribution < -0.4 is 11.1 Å². The van der Waals surface area contributed by atoms with Crippen LogP contribution in [0.2, 0.25) is 0 Å². The molecule has 0 heterocycles. The number of hydrogen-bond acceptors (Lipinski definition) is 5. The third-order valence-electron chi connectivity index (χ3n) is 2.69. The minimum Gasteiger partial charge on any atom is -0.465 e. The molecular formula is C13H17N3O2. The number of carbonyl (C=O) groups excluding carboxylic acids is 1. The molecule has 5 nitrogen and oxygen atoms in total. The van der Waals surface area contributed by atoms with E-state index >= 15 is 0 Å². The van der Waals surface area contributed by atoms with Crippen molar-refractivity contribution >= 4 is 17.3 Å². The fraction of sp³-hybridized carbons (Fsp3) is 0.385. The molecule has 0 aliphatic heterocycles. The van der Waals surface area contributed by atoms with Crippen LogP contribution in [0.15, 0.2) is 18.2 Å². The first-order chi connectivity index (χ1) is 8.62. The topological polar surface area (TPSA) is 88.1 Å². The molecule has 0 aliphatic rings. The first-order valence-electron chi connectivity index (χ1n) is 5.73. The highest BCUT2D eigenvalue weighted by Gasteiger charge is 2.10. The van der Waals surface area contributed by atoms with Gasteiger partial charge in [0.15, 0.2) is 0 Å². The predicted molar refractivity (Wildman–Crippen MR) is 70.1 cm³/mol. The van der Waals surface area contributed by atoms with Gasteiger partial charge in [-0.25, -0.2) is 4.79 Å². The average molecular weight is 247 g/mol. The fourth-order valence-electron chi connectivity index (χ4n) is 1.47. The molecule has 5 heteroatoms. The van der Waals surface area contributed by atoms with E-state index in [1.165, 1.54) is 7.11 Å². The number of esters is 1. The standard InChI is InChI=1S/C13H17N3O2/c1-3-9(7-14)8-16-12-6-10(13(17)18-2)4-5-11(12)15/h4-6,9,16H,3,8,15H2,1-2H3. The highest BCUT2D eigenvalue weighted by atomic mass is 16.5. The van der Waals surface area contributed by atoms with Crippen LogP contribution >= 0.6 is 0 Å². The molecule has 18 heavy (non-hydrogen) atoms. The number of nitriles is 1. The Balaban J connectivity index is 2.82. The smallest absolute Gasteiger partial charge is 0.337 e. The maximum absolute atomic E-state index is 11.4. The molecule has 0 fully saturated rings. The minimum absolute atomic E-state index is 0.0776. The van der Waals surface area contributed by atoms with E-state index < -0.39 is 5.97 Å². The second kappa shape index (κ2) is 6.50. The number of nitrogens with two attached hydrogens (primary N) is 1. The van der Waals surface area contributed by atoms with Gasteiger partial charge in [0, 0.05) is 6.54 Å². The number of carbonyl (C=O) groups is 1. The van der Waals surface area contributed by atoms with Gasteiger partial charge in [-0.2, -0.15) is 5.26 Å². The summed E-state index contributed by atoms with van der Waals surface area (Å²) in [5.41, 5.74) is 7.41. The molecule has 1 aromatic rings. The number of benzene rings is 1. The van der Waals surface area contributed by atoms with Crippen LogP contribution in [0.25, 0.3) is 0 Å². The van der Waals surface area contributed by atoms with Crippen molar-refractivity contribution in [3.8, 4) is 6.07 Å². The monoisotopic (exact) mass is 247 g/mol. The number of nitrogens with zero attached hydrogens (tertiary/aromatic N) is 1. The maximum atomic E-state index is 11.4. The van der Waals surface area contributed by atoms with Crippen molar-refractivity contribution in [1.29, 1.82) is 5.26 Å². The van der Waals surface area contributed by atoms with E-state index in [0.29, 0.717) is 23.5 Å². The van der Waals surface area contributed by atoms with Gasteiger partial charge in [0.05, 0.1) is 36.0 Å². The summed E-state index contributed by atoms with van der Waals surface area (Å²) in [6.45, 7) is 2.45. The molecule has 1 rings (SSSR count). The molecule has 0 radical (unpaired) electrons. The van der Waals surface area contributed by atoms with Crippen molar-refractivity contribution < 1.29 is 9.53 Å². The Morgan fingerprint density at radius 2 is 2.33 bits per heavy atom. The summed E-state index contributed by atoms with van der Waals surface area (Å²) in [6, 6.07) is 7.07. The summed E-state index contributed by atoms with van der Waals surface area (Å²) in [5.74, 6) is -0.489. The van der Waals surface area contributed by atoms with Crippen LogP contribution in [0, 0.1) is 17.2 Å². The summed E-state index contributed by atoms with van der Waals surface area (Å²) in [6.07, 6.45) is 0.764. The van der Waals surface area contributed by atoms with Crippen molar-refractivity contribution in [2.75, 3.05) is 24.7 Å². The van der Waals surface area contributed by atoms with E-state index in [2.05, 4.69) is 16.1 Å². The third kappa shape index (κ3) is 3.39. The number of hydrogen-bond donors (Lipinski definition) is 2. The number of ether oxygens (including phenoxy) is 1. The second-order valence-corrected chi connectivity index (χ2v) is 3.91. The zero-order chi connectivity index (χ0) is 13.5. The molecule has 0 aromatic heterocycles. The van der Waals surface area contributed by atoms with E-state index in [0.717, 1.165) is 6.42 Å². The molecule has 0 saturated carbocycles. The second-order valence-electron chi connectivity index (χ2n) is 3.91. The first-order valence-corrected chi connectivity index (χ1v) is 5.73. The van der Waals surface area contributed by atoms with Crippen molar-refractivity contribution in [1.82, 2.24) is 0 Å². The molecule has 1 unspecified atom stereocenters. The fourth-order valence-corrected chi connectivity index (χ4v) is 1.47. The van der Waals surface area contributed by atoms with Crippen molar-refractivity contribution in [2.24, 2.45) is 5.92 Å². The quantitative estimate of drug-likeness (QED) is 0.614. The Morgan fingerprint density at radius 3 is 2.89 bits per heavy atom. The number of rotatable bonds is 5. The Hall–Kier alpha value is -2.22. The number of nitrogen functional groups attached to an aromatic ring is 1. The molecule has 3 N–H and O–H groups in total. The molecule has 0 aliphatic carbocycles. The third-order valence-corrected chi connectivity index (χ3v) is 2.69. The van der Waals surface area contributed by atoms with Crippen LogP contribution in [0.4, 0.5) is 11.4 Å². The summed E-state index contributed by atoms with van der Waals surface area (Å²) in [4.78, 5) is 11.4. The lowest BCUT2D eigenvalue weighted by Gasteiger charge is -2.12. The van der Waals surface area contributed by atoms with Gasteiger partial charge in [0.25, 0.3) is 0 Å². The van der Waals surface area contributed by atoms with Gasteiger partial charge in [0.2, 0.25) is 0 Å². The van der Waals surface area contributed by atoms with Gasteiger partial charge in [-0.15, -0.1) is 0 Å². The van der Waals surface area contributed by atoms with Crippen LogP contribution in [-0.2, 0) is 4.74 Å². The van der Waals surface area contributed by atoms with Crippen LogP contribution in [0.1, 0.15) is 23.7 Å². The molecule has 0 bridgehead atoms. The van der Waals surface area contributed by atoms with Gasteiger partial charge in [-0.1, -0.05) is 6.92 Å². The number of anilines is 2. The Kier molecular flexibility index (Phi) is 5.00. The Labute approximate surface area is 107 Å². The van der Waals surface area contributed by atoms with E-state index in [4.69, 9.17) is 11.0 Å². The number of nitrogens with one attached hydrogen (secondary N) is 1.